The first-order chi connectivity index (χ1) is 10.3. The molecule has 0 saturated carbocycles. The second kappa shape index (κ2) is 8.37. The van der Waals surface area contributed by atoms with E-state index in [9.17, 15) is 0 Å². The van der Waals surface area contributed by atoms with E-state index in [2.05, 4.69) is 17.4 Å². The maximum Gasteiger partial charge on any atom is 0.161 e. The van der Waals surface area contributed by atoms with Crippen LogP contribution in [-0.2, 0) is 13.0 Å². The highest BCUT2D eigenvalue weighted by molar-refractivity contribution is 5.43. The highest BCUT2D eigenvalue weighted by Gasteiger charge is 2.06. The van der Waals surface area contributed by atoms with Crippen LogP contribution in [-0.4, -0.2) is 19.8 Å². The lowest BCUT2D eigenvalue weighted by Crippen LogP contribution is -2.16. The maximum atomic E-state index is 5.64. The molecule has 2 aromatic rings. The van der Waals surface area contributed by atoms with Crippen molar-refractivity contribution in [3.8, 4) is 11.5 Å². The van der Waals surface area contributed by atoms with Gasteiger partial charge in [-0.2, -0.15) is 0 Å². The van der Waals surface area contributed by atoms with Crippen molar-refractivity contribution in [1.82, 2.24) is 5.32 Å². The fourth-order valence-electron chi connectivity index (χ4n) is 2.11. The zero-order valence-electron chi connectivity index (χ0n) is 12.7. The van der Waals surface area contributed by atoms with E-state index in [1.807, 2.05) is 32.0 Å². The van der Waals surface area contributed by atoms with Crippen LogP contribution in [0.25, 0.3) is 0 Å². The molecule has 114 valence electrons. The highest BCUT2D eigenvalue weighted by atomic mass is 16.5. The summed E-state index contributed by atoms with van der Waals surface area (Å²) in [5.74, 6) is 2.59. The Bertz CT molecular complexity index is 523. The largest absolute Gasteiger partial charge is 0.490 e. The summed E-state index contributed by atoms with van der Waals surface area (Å²) in [7, 11) is 0. The lowest BCUT2D eigenvalue weighted by molar-refractivity contribution is 0.287. The minimum absolute atomic E-state index is 0.639. The molecular formula is C17H23NO3. The predicted molar refractivity (Wildman–Crippen MR) is 82.9 cm³/mol. The van der Waals surface area contributed by atoms with E-state index in [4.69, 9.17) is 13.9 Å². The molecule has 21 heavy (non-hydrogen) atoms. The van der Waals surface area contributed by atoms with Crippen molar-refractivity contribution in [3.05, 3.63) is 47.9 Å². The Morgan fingerprint density at radius 2 is 1.86 bits per heavy atom. The van der Waals surface area contributed by atoms with Crippen LogP contribution in [0.5, 0.6) is 11.5 Å². The zero-order valence-corrected chi connectivity index (χ0v) is 12.7. The molecule has 0 unspecified atom stereocenters. The number of benzene rings is 1. The Labute approximate surface area is 126 Å². The van der Waals surface area contributed by atoms with E-state index in [0.29, 0.717) is 13.2 Å². The van der Waals surface area contributed by atoms with Gasteiger partial charge in [0.15, 0.2) is 11.5 Å². The molecule has 1 aromatic carbocycles. The van der Waals surface area contributed by atoms with Gasteiger partial charge in [-0.25, -0.2) is 0 Å². The zero-order chi connectivity index (χ0) is 14.9. The Kier molecular flexibility index (Phi) is 6.16. The molecule has 0 radical (unpaired) electrons. The summed E-state index contributed by atoms with van der Waals surface area (Å²) >= 11 is 0. The SMILES string of the molecule is CCOc1ccc(CCNCc2ccco2)cc1OCC. The molecule has 0 aliphatic carbocycles. The minimum Gasteiger partial charge on any atom is -0.490 e. The molecular weight excluding hydrogens is 266 g/mol. The second-order valence-electron chi connectivity index (χ2n) is 4.65. The Hall–Kier alpha value is -1.94. The molecule has 0 atom stereocenters. The third-order valence-electron chi connectivity index (χ3n) is 3.08. The van der Waals surface area contributed by atoms with Crippen LogP contribution in [0, 0.1) is 0 Å². The maximum absolute atomic E-state index is 5.64. The van der Waals surface area contributed by atoms with Crippen molar-refractivity contribution in [3.63, 3.8) is 0 Å². The van der Waals surface area contributed by atoms with E-state index in [-0.39, 0.29) is 0 Å². The molecule has 1 aromatic heterocycles. The third kappa shape index (κ3) is 4.83. The molecule has 0 aliphatic heterocycles. The van der Waals surface area contributed by atoms with Crippen molar-refractivity contribution in [1.29, 1.82) is 0 Å². The summed E-state index contributed by atoms with van der Waals surface area (Å²) in [6.07, 6.45) is 2.63. The van der Waals surface area contributed by atoms with Crippen molar-refractivity contribution in [2.45, 2.75) is 26.8 Å². The fourth-order valence-corrected chi connectivity index (χ4v) is 2.11. The first-order valence-corrected chi connectivity index (χ1v) is 7.45. The average Bonchev–Trinajstić information content (AvgIpc) is 3.00. The minimum atomic E-state index is 0.639. The summed E-state index contributed by atoms with van der Waals surface area (Å²) in [6, 6.07) is 10.00. The Balaban J connectivity index is 1.86. The van der Waals surface area contributed by atoms with Gasteiger partial charge in [0.25, 0.3) is 0 Å². The second-order valence-corrected chi connectivity index (χ2v) is 4.65. The number of nitrogens with one attached hydrogen (secondary N) is 1. The van der Waals surface area contributed by atoms with Gasteiger partial charge in [-0.05, 0) is 56.6 Å². The number of ether oxygens (including phenoxy) is 2. The van der Waals surface area contributed by atoms with Gasteiger partial charge in [0.2, 0.25) is 0 Å². The molecule has 1 N–H and O–H groups in total. The lowest BCUT2D eigenvalue weighted by atomic mass is 10.1. The van der Waals surface area contributed by atoms with E-state index in [1.54, 1.807) is 6.26 Å². The number of furan rings is 1. The smallest absolute Gasteiger partial charge is 0.161 e. The summed E-state index contributed by atoms with van der Waals surface area (Å²) in [5.41, 5.74) is 1.23. The van der Waals surface area contributed by atoms with Crippen molar-refractivity contribution in [2.75, 3.05) is 19.8 Å². The monoisotopic (exact) mass is 289 g/mol. The normalized spacial score (nSPS) is 10.6. The molecule has 0 spiro atoms. The van der Waals surface area contributed by atoms with Gasteiger partial charge in [0, 0.05) is 0 Å². The predicted octanol–water partition coefficient (Wildman–Crippen LogP) is 3.41. The van der Waals surface area contributed by atoms with Gasteiger partial charge in [-0.1, -0.05) is 6.07 Å². The van der Waals surface area contributed by atoms with Crippen LogP contribution in [0.15, 0.2) is 41.0 Å². The molecule has 4 heteroatoms. The van der Waals surface area contributed by atoms with Crippen LogP contribution < -0.4 is 14.8 Å². The Morgan fingerprint density at radius 1 is 1.05 bits per heavy atom. The van der Waals surface area contributed by atoms with Gasteiger partial charge < -0.3 is 19.2 Å². The number of hydrogen-bond donors (Lipinski definition) is 1. The number of rotatable bonds is 9. The first-order valence-electron chi connectivity index (χ1n) is 7.45. The van der Waals surface area contributed by atoms with Crippen LogP contribution in [0.3, 0.4) is 0 Å². The van der Waals surface area contributed by atoms with E-state index < -0.39 is 0 Å². The summed E-state index contributed by atoms with van der Waals surface area (Å²) in [5, 5.41) is 3.36. The van der Waals surface area contributed by atoms with Crippen molar-refractivity contribution >= 4 is 0 Å². The molecule has 0 bridgehead atoms. The quantitative estimate of drug-likeness (QED) is 0.718. The lowest BCUT2D eigenvalue weighted by Gasteiger charge is -2.12. The summed E-state index contributed by atoms with van der Waals surface area (Å²) < 4.78 is 16.5. The Morgan fingerprint density at radius 3 is 2.57 bits per heavy atom. The van der Waals surface area contributed by atoms with Crippen LogP contribution in [0.2, 0.25) is 0 Å². The van der Waals surface area contributed by atoms with Gasteiger partial charge in [-0.3, -0.25) is 0 Å². The first kappa shape index (κ1) is 15.4. The molecule has 0 amide bonds. The molecule has 2 rings (SSSR count). The van der Waals surface area contributed by atoms with Gasteiger partial charge >= 0.3 is 0 Å². The molecule has 1 heterocycles. The average molecular weight is 289 g/mol. The van der Waals surface area contributed by atoms with Crippen LogP contribution >= 0.6 is 0 Å². The standard InChI is InChI=1S/C17H23NO3/c1-3-19-16-8-7-14(12-17(16)20-4-2)9-10-18-13-15-6-5-11-21-15/h5-8,11-12,18H,3-4,9-10,13H2,1-2H3. The van der Waals surface area contributed by atoms with Crippen LogP contribution in [0.1, 0.15) is 25.2 Å². The van der Waals surface area contributed by atoms with Gasteiger partial charge in [0.1, 0.15) is 5.76 Å². The molecule has 0 saturated heterocycles. The molecule has 0 aliphatic rings. The molecule has 0 fully saturated rings. The topological polar surface area (TPSA) is 43.6 Å². The fraction of sp³-hybridized carbons (Fsp3) is 0.412. The highest BCUT2D eigenvalue weighted by Crippen LogP contribution is 2.28. The van der Waals surface area contributed by atoms with Gasteiger partial charge in [-0.15, -0.1) is 0 Å². The summed E-state index contributed by atoms with van der Waals surface area (Å²) in [6.45, 7) is 6.88. The molecule has 4 nitrogen and oxygen atoms in total. The van der Waals surface area contributed by atoms with Crippen molar-refractivity contribution in [2.24, 2.45) is 0 Å². The third-order valence-corrected chi connectivity index (χ3v) is 3.08. The summed E-state index contributed by atoms with van der Waals surface area (Å²) in [4.78, 5) is 0. The van der Waals surface area contributed by atoms with Crippen LogP contribution in [0.4, 0.5) is 0 Å². The van der Waals surface area contributed by atoms with Gasteiger partial charge in [0.05, 0.1) is 26.0 Å². The van der Waals surface area contributed by atoms with Crippen molar-refractivity contribution < 1.29 is 13.9 Å². The van der Waals surface area contributed by atoms with E-state index in [1.165, 1.54) is 5.56 Å². The van der Waals surface area contributed by atoms with E-state index >= 15 is 0 Å². The number of hydrogen-bond acceptors (Lipinski definition) is 4. The van der Waals surface area contributed by atoms with E-state index in [0.717, 1.165) is 36.8 Å².